The van der Waals surface area contributed by atoms with Crippen LogP contribution >= 0.6 is 0 Å². The number of Topliss-reactive ketones (excluding diaryl/α,β-unsaturated/α-hetero) is 1. The van der Waals surface area contributed by atoms with E-state index in [0.29, 0.717) is 11.1 Å². The van der Waals surface area contributed by atoms with Gasteiger partial charge in [0.1, 0.15) is 0 Å². The van der Waals surface area contributed by atoms with Gasteiger partial charge in [-0.1, -0.05) is 24.3 Å². The van der Waals surface area contributed by atoms with Gasteiger partial charge in [-0.15, -0.1) is 0 Å². The third-order valence-corrected chi connectivity index (χ3v) is 67.6. The third-order valence-electron chi connectivity index (χ3n) is 3.13. The summed E-state index contributed by atoms with van der Waals surface area (Å²) in [5.74, 6) is -1.62. The minimum absolute atomic E-state index is 0.0667. The Morgan fingerprint density at radius 3 is 1.04 bits per heavy atom. The number of aliphatic carboxylic acids is 1. The molecule has 3 nitrogen and oxygen atoms in total. The number of rotatable bonds is 1. The van der Waals surface area contributed by atoms with Crippen molar-refractivity contribution in [3.05, 3.63) is 35.4 Å². The molecule has 0 amide bonds. The van der Waals surface area contributed by atoms with Crippen molar-refractivity contribution >= 4 is 301 Å². The molecule has 0 saturated carbocycles. The lowest BCUT2D eigenvalue weighted by Gasteiger charge is -2.02. The van der Waals surface area contributed by atoms with Gasteiger partial charge in [-0.3, -0.25) is 9.59 Å². The molecule has 0 heterocycles. The molecule has 1 N–H and O–H groups in total. The molecule has 0 fully saturated rings. The Bertz CT molecular complexity index is 2490. The molecule has 1 aliphatic rings. The van der Waals surface area contributed by atoms with E-state index in [9.17, 15) is 9.59 Å². The van der Waals surface area contributed by atoms with Crippen molar-refractivity contribution in [1.82, 2.24) is 0 Å². The molecule has 0 spiro atoms. The molecular weight excluding hydrogens is 1190 g/mol. The van der Waals surface area contributed by atoms with E-state index in [4.69, 9.17) is 27.5 Å². The van der Waals surface area contributed by atoms with E-state index in [1.165, 1.54) is 17.8 Å². The fourth-order valence-electron chi connectivity index (χ4n) is 2.00. The summed E-state index contributed by atoms with van der Waals surface area (Å²) in [7, 11) is 52.8. The largest absolute Gasteiger partial charge is 0.481 e. The zero-order valence-corrected chi connectivity index (χ0v) is 46.0. The number of hydrogen-bond acceptors (Lipinski definition) is 4. The Morgan fingerprint density at radius 1 is 0.511 bits per heavy atom. The predicted octanol–water partition coefficient (Wildman–Crippen LogP) is 1.36. The first-order valence-electron chi connectivity index (χ1n) is 9.22. The number of ketones is 1. The third kappa shape index (κ3) is 29.4. The molecule has 258 valence electrons. The monoisotopic (exact) mass is 1200 g/mol. The number of hydrogen-bond donors (Lipinski definition) is 1. The van der Waals surface area contributed by atoms with E-state index in [2.05, 4.69) is 0 Å². The minimum atomic E-state index is -0.918. The second-order valence-electron chi connectivity index (χ2n) is 5.15. The van der Waals surface area contributed by atoms with Crippen LogP contribution in [0.5, 0.6) is 0 Å². The van der Waals surface area contributed by atoms with Crippen molar-refractivity contribution in [3.8, 4) is 0 Å². The maximum Gasteiger partial charge on any atom is 0.311 e. The van der Waals surface area contributed by atoms with Gasteiger partial charge >= 0.3 is 5.97 Å². The summed E-state index contributed by atoms with van der Waals surface area (Å²) in [6, 6.07) is 6.90. The molecule has 0 aliphatic heterocycles. The zero-order valence-electron chi connectivity index (χ0n) is 19.9. The summed E-state index contributed by atoms with van der Waals surface area (Å²) in [5, 5.41) is 8.83. The summed E-state index contributed by atoms with van der Waals surface area (Å²) in [5.41, 5.74) is 1.22. The topological polar surface area (TPSA) is 54.4 Å². The molecule has 45 heavy (non-hydrogen) atoms. The highest BCUT2D eigenvalue weighted by Crippen LogP contribution is 2.32. The molecule has 1 atom stereocenters. The highest BCUT2D eigenvalue weighted by Gasteiger charge is 2.33. The molecule has 0 bridgehead atoms. The Balaban J connectivity index is 0.000000635. The average molecular weight is 1200 g/mol. The van der Waals surface area contributed by atoms with E-state index < -0.39 is 11.9 Å². The van der Waals surface area contributed by atoms with E-state index in [1.54, 1.807) is 131 Å². The van der Waals surface area contributed by atoms with Crippen LogP contribution in [-0.2, 0) is 294 Å². The van der Waals surface area contributed by atoms with Crippen LogP contribution in [0.4, 0.5) is 0 Å². The van der Waals surface area contributed by atoms with E-state index >= 15 is 0 Å². The van der Waals surface area contributed by atoms with Crippen LogP contribution in [0.15, 0.2) is 24.3 Å². The van der Waals surface area contributed by atoms with Crippen molar-refractivity contribution in [1.29, 1.82) is 0 Å². The highest BCUT2D eigenvalue weighted by molar-refractivity contribution is 8.80. The summed E-state index contributed by atoms with van der Waals surface area (Å²) in [6.45, 7) is 0. The Kier molecular flexibility index (Phi) is 40.6. The predicted molar refractivity (Wildman–Crippen MR) is 281 cm³/mol. The molecule has 1 aliphatic carbocycles. The van der Waals surface area contributed by atoms with Gasteiger partial charge in [-0.25, -0.2) is 0 Å². The molecule has 2 rings (SSSR count). The molecule has 0 radical (unpaired) electrons. The first kappa shape index (κ1) is 48.4. The number of carboxylic acids is 1. The van der Waals surface area contributed by atoms with Crippen molar-refractivity contribution in [3.63, 3.8) is 0 Å². The molecule has 0 saturated heterocycles. The maximum atomic E-state index is 11.3. The SMILES string of the molecule is O=C1CC(C(=O)O)c2ccccc21.S=S=S=S=S=S=S=S=S=S=S=S=S=S=S=S=S=S=S=S=S=S=S=S=S=S=S=S=S=S=S=S. The lowest BCUT2D eigenvalue weighted by atomic mass is 10.0. The quantitative estimate of drug-likeness (QED) is 0.462. The average Bonchev–Trinajstić information content (AvgIpc) is 3.39. The lowest BCUT2D eigenvalue weighted by Crippen LogP contribution is -2.08. The number of carbonyl (C=O) groups is 2. The number of benzene rings is 1. The summed E-state index contributed by atoms with van der Waals surface area (Å²) in [6.07, 6.45) is 0.106. The Labute approximate surface area is 354 Å². The first-order chi connectivity index (χ1) is 22.1. The minimum Gasteiger partial charge on any atom is -0.481 e. The second-order valence-corrected chi connectivity index (χ2v) is 58.2. The van der Waals surface area contributed by atoms with Crippen LogP contribution in [0, 0.1) is 0 Å². The zero-order chi connectivity index (χ0) is 32.6. The van der Waals surface area contributed by atoms with Gasteiger partial charge in [0, 0.05) is 301 Å². The van der Waals surface area contributed by atoms with Gasteiger partial charge in [-0.05, 0) is 5.56 Å². The van der Waals surface area contributed by atoms with Gasteiger partial charge in [0.15, 0.2) is 5.78 Å². The number of carboxylic acid groups (broad SMARTS) is 1. The van der Waals surface area contributed by atoms with Crippen LogP contribution in [0.2, 0.25) is 0 Å². The standard InChI is InChI=1S/C10H8O3.S32/c11-9-5-8(10(12)13)6-3-1-2-4-7(6)9;1-3-5-7-9-11-13-15-17-19-21-23-25-27-29-31-32-30-28-26-24-22-20-18-16-14-12-10-8-6-4-2/h1-4,8H,5H2,(H,12,13);. The second kappa shape index (κ2) is 37.7. The van der Waals surface area contributed by atoms with Crippen molar-refractivity contribution in [2.45, 2.75) is 12.3 Å². The van der Waals surface area contributed by atoms with Crippen molar-refractivity contribution < 1.29 is 14.7 Å². The fraction of sp³-hybridized carbons (Fsp3) is 0.200. The van der Waals surface area contributed by atoms with Gasteiger partial charge in [0.25, 0.3) is 0 Å². The number of carbonyl (C=O) groups excluding carboxylic acids is 1. The molecular formula is C10H8O3S32. The smallest absolute Gasteiger partial charge is 0.311 e. The Hall–Kier alpha value is 5.40. The molecule has 0 aromatic heterocycles. The van der Waals surface area contributed by atoms with Crippen LogP contribution in [-0.4, -0.2) is 16.9 Å². The van der Waals surface area contributed by atoms with Crippen LogP contribution < -0.4 is 0 Å². The Morgan fingerprint density at radius 2 is 0.778 bits per heavy atom. The van der Waals surface area contributed by atoms with E-state index in [0.717, 1.165) is 0 Å². The maximum absolute atomic E-state index is 11.3. The first-order valence-corrected chi connectivity index (χ1v) is 50.5. The molecule has 1 aromatic carbocycles. The number of fused-ring (bicyclic) bond motifs is 1. The van der Waals surface area contributed by atoms with Crippen LogP contribution in [0.3, 0.4) is 0 Å². The van der Waals surface area contributed by atoms with Gasteiger partial charge in [0.05, 0.1) is 5.92 Å². The lowest BCUT2D eigenvalue weighted by molar-refractivity contribution is -0.138. The molecule has 1 unspecified atom stereocenters. The highest BCUT2D eigenvalue weighted by atomic mass is 33.5. The molecule has 1 aromatic rings. The van der Waals surface area contributed by atoms with Crippen LogP contribution in [0.25, 0.3) is 0 Å². The van der Waals surface area contributed by atoms with Gasteiger partial charge < -0.3 is 5.11 Å². The van der Waals surface area contributed by atoms with E-state index in [-0.39, 0.29) is 12.2 Å². The van der Waals surface area contributed by atoms with Crippen molar-refractivity contribution in [2.75, 3.05) is 0 Å². The summed E-state index contributed by atoms with van der Waals surface area (Å²) < 4.78 is 0. The van der Waals surface area contributed by atoms with Crippen molar-refractivity contribution in [2.24, 2.45) is 0 Å². The normalized spacial score (nSPS) is 11.2. The van der Waals surface area contributed by atoms with E-state index in [1.807, 2.05) is 142 Å². The molecule has 35 heteroatoms. The summed E-state index contributed by atoms with van der Waals surface area (Å²) >= 11 is 9.58. The fourth-order valence-corrected chi connectivity index (χ4v) is 78.8. The van der Waals surface area contributed by atoms with Gasteiger partial charge in [0.2, 0.25) is 0 Å². The summed E-state index contributed by atoms with van der Waals surface area (Å²) in [4.78, 5) is 22.1. The van der Waals surface area contributed by atoms with Crippen LogP contribution in [0.1, 0.15) is 28.3 Å². The van der Waals surface area contributed by atoms with Gasteiger partial charge in [-0.2, -0.15) is 0 Å².